The van der Waals surface area contributed by atoms with E-state index in [0.717, 1.165) is 17.3 Å². The Morgan fingerprint density at radius 2 is 1.90 bits per heavy atom. The third-order valence-corrected chi connectivity index (χ3v) is 4.66. The van der Waals surface area contributed by atoms with Crippen LogP contribution in [0.25, 0.3) is 0 Å². The van der Waals surface area contributed by atoms with Crippen LogP contribution in [0.2, 0.25) is 0 Å². The molecule has 3 N–H and O–H groups in total. The molecular formula is C14H16N4OS2. The molecule has 0 unspecified atom stereocenters. The summed E-state index contributed by atoms with van der Waals surface area (Å²) in [6, 6.07) is 14.9. The highest BCUT2D eigenvalue weighted by molar-refractivity contribution is 8.76. The van der Waals surface area contributed by atoms with E-state index < -0.39 is 0 Å². The molecule has 21 heavy (non-hydrogen) atoms. The maximum absolute atomic E-state index is 11.7. The van der Waals surface area contributed by atoms with Crippen molar-refractivity contribution < 1.29 is 4.79 Å². The van der Waals surface area contributed by atoms with Crippen molar-refractivity contribution in [2.24, 2.45) is 0 Å². The van der Waals surface area contributed by atoms with Gasteiger partial charge in [-0.2, -0.15) is 5.53 Å². The molecule has 2 rings (SSSR count). The number of hydrogen-bond acceptors (Lipinski definition) is 6. The summed E-state index contributed by atoms with van der Waals surface area (Å²) in [5.74, 6) is 0.716. The zero-order valence-electron chi connectivity index (χ0n) is 11.3. The van der Waals surface area contributed by atoms with Crippen molar-refractivity contribution in [2.45, 2.75) is 5.03 Å². The molecule has 110 valence electrons. The van der Waals surface area contributed by atoms with Crippen LogP contribution in [0.4, 0.5) is 0 Å². The summed E-state index contributed by atoms with van der Waals surface area (Å²) >= 11 is 0. The Morgan fingerprint density at radius 1 is 1.10 bits per heavy atom. The number of carbonyl (C=O) groups excluding carboxylic acids is 1. The molecule has 0 fully saturated rings. The quantitative estimate of drug-likeness (QED) is 0.394. The lowest BCUT2D eigenvalue weighted by Gasteiger charge is -2.08. The van der Waals surface area contributed by atoms with E-state index in [1.165, 1.54) is 0 Å². The van der Waals surface area contributed by atoms with E-state index in [0.29, 0.717) is 5.56 Å². The van der Waals surface area contributed by atoms with E-state index in [-0.39, 0.29) is 5.91 Å². The molecule has 1 aromatic carbocycles. The molecule has 0 saturated carbocycles. The third-order valence-electron chi connectivity index (χ3n) is 2.39. The van der Waals surface area contributed by atoms with Gasteiger partial charge in [0.25, 0.3) is 5.91 Å². The SMILES string of the molecule is O=C(NNNCCSSc1ccccn1)c1ccccc1. The minimum absolute atomic E-state index is 0.168. The molecule has 0 aliphatic heterocycles. The smallest absolute Gasteiger partial charge is 0.266 e. The molecular weight excluding hydrogens is 304 g/mol. The predicted octanol–water partition coefficient (Wildman–Crippen LogP) is 2.26. The van der Waals surface area contributed by atoms with Crippen LogP contribution in [0.15, 0.2) is 59.8 Å². The first-order valence-electron chi connectivity index (χ1n) is 6.40. The van der Waals surface area contributed by atoms with Crippen LogP contribution in [0, 0.1) is 0 Å². The van der Waals surface area contributed by atoms with Crippen LogP contribution >= 0.6 is 21.6 Å². The molecule has 7 heteroatoms. The Hall–Kier alpha value is -1.54. The maximum atomic E-state index is 11.7. The average molecular weight is 320 g/mol. The molecule has 2 aromatic rings. The molecule has 1 amide bonds. The van der Waals surface area contributed by atoms with E-state index >= 15 is 0 Å². The highest BCUT2D eigenvalue weighted by Crippen LogP contribution is 2.27. The summed E-state index contributed by atoms with van der Waals surface area (Å²) in [5.41, 5.74) is 8.83. The predicted molar refractivity (Wildman–Crippen MR) is 87.6 cm³/mol. The second kappa shape index (κ2) is 9.41. The number of hydrogen-bond donors (Lipinski definition) is 3. The molecule has 1 heterocycles. The van der Waals surface area contributed by atoms with Crippen LogP contribution < -0.4 is 16.4 Å². The van der Waals surface area contributed by atoms with Gasteiger partial charge in [-0.25, -0.2) is 10.4 Å². The van der Waals surface area contributed by atoms with E-state index in [1.54, 1.807) is 39.9 Å². The van der Waals surface area contributed by atoms with Crippen LogP contribution in [0.5, 0.6) is 0 Å². The van der Waals surface area contributed by atoms with Crippen molar-refractivity contribution >= 4 is 27.5 Å². The van der Waals surface area contributed by atoms with Crippen LogP contribution in [-0.2, 0) is 0 Å². The first kappa shape index (κ1) is 15.8. The van der Waals surface area contributed by atoms with Gasteiger partial charge < -0.3 is 0 Å². The number of aromatic nitrogens is 1. The Labute approximate surface area is 131 Å². The van der Waals surface area contributed by atoms with Crippen LogP contribution in [0.3, 0.4) is 0 Å². The number of hydrazine groups is 2. The molecule has 0 spiro atoms. The summed E-state index contributed by atoms with van der Waals surface area (Å²) in [6.07, 6.45) is 1.78. The van der Waals surface area contributed by atoms with Gasteiger partial charge in [-0.3, -0.25) is 10.2 Å². The van der Waals surface area contributed by atoms with Gasteiger partial charge in [0, 0.05) is 24.1 Å². The summed E-state index contributed by atoms with van der Waals surface area (Å²) in [5, 5.41) is 0.993. The van der Waals surface area contributed by atoms with Crippen molar-refractivity contribution in [2.75, 3.05) is 12.3 Å². The van der Waals surface area contributed by atoms with Gasteiger partial charge in [-0.05, 0) is 35.1 Å². The van der Waals surface area contributed by atoms with E-state index in [1.807, 2.05) is 36.4 Å². The fraction of sp³-hybridized carbons (Fsp3) is 0.143. The van der Waals surface area contributed by atoms with E-state index in [4.69, 9.17) is 0 Å². The van der Waals surface area contributed by atoms with Crippen molar-refractivity contribution in [3.8, 4) is 0 Å². The highest BCUT2D eigenvalue weighted by atomic mass is 33.1. The van der Waals surface area contributed by atoms with E-state index in [9.17, 15) is 4.79 Å². The lowest BCUT2D eigenvalue weighted by molar-refractivity contribution is 0.0924. The number of carbonyl (C=O) groups is 1. The van der Waals surface area contributed by atoms with Crippen molar-refractivity contribution in [3.63, 3.8) is 0 Å². The summed E-state index contributed by atoms with van der Waals surface area (Å²) in [6.45, 7) is 0.722. The lowest BCUT2D eigenvalue weighted by Crippen LogP contribution is -2.47. The molecule has 0 saturated heterocycles. The number of nitrogens with one attached hydrogen (secondary N) is 3. The molecule has 0 aliphatic rings. The third kappa shape index (κ3) is 6.17. The van der Waals surface area contributed by atoms with Gasteiger partial charge in [-0.15, -0.1) is 0 Å². The van der Waals surface area contributed by atoms with Crippen molar-refractivity contribution in [3.05, 3.63) is 60.3 Å². The second-order valence-corrected chi connectivity index (χ2v) is 6.38. The summed E-state index contributed by atoms with van der Waals surface area (Å²) < 4.78 is 0. The van der Waals surface area contributed by atoms with Gasteiger partial charge in [0.15, 0.2) is 0 Å². The standard InChI is InChI=1S/C14H16N4OS2/c19-14(12-6-2-1-3-7-12)17-18-16-10-11-20-21-13-8-4-5-9-15-13/h1-9,16,18H,10-11H2,(H,17,19). The second-order valence-electron chi connectivity index (χ2n) is 3.95. The molecule has 0 aliphatic carbocycles. The topological polar surface area (TPSA) is 66.1 Å². The zero-order chi connectivity index (χ0) is 14.8. The van der Waals surface area contributed by atoms with Crippen molar-refractivity contribution in [1.29, 1.82) is 0 Å². The lowest BCUT2D eigenvalue weighted by atomic mass is 10.2. The number of benzene rings is 1. The Balaban J connectivity index is 1.51. The first-order valence-corrected chi connectivity index (χ1v) is 8.72. The van der Waals surface area contributed by atoms with Crippen LogP contribution in [0.1, 0.15) is 10.4 Å². The zero-order valence-corrected chi connectivity index (χ0v) is 12.9. The number of rotatable bonds is 8. The highest BCUT2D eigenvalue weighted by Gasteiger charge is 2.02. The molecule has 0 bridgehead atoms. The molecule has 1 aromatic heterocycles. The van der Waals surface area contributed by atoms with Crippen LogP contribution in [-0.4, -0.2) is 23.2 Å². The minimum Gasteiger partial charge on any atom is -0.274 e. The Kier molecular flexibility index (Phi) is 7.10. The maximum Gasteiger partial charge on any atom is 0.266 e. The van der Waals surface area contributed by atoms with Gasteiger partial charge >= 0.3 is 0 Å². The normalized spacial score (nSPS) is 10.3. The Bertz CT molecular complexity index is 539. The largest absolute Gasteiger partial charge is 0.274 e. The molecule has 0 atom stereocenters. The average Bonchev–Trinajstić information content (AvgIpc) is 2.55. The van der Waals surface area contributed by atoms with Gasteiger partial charge in [0.2, 0.25) is 0 Å². The summed E-state index contributed by atoms with van der Waals surface area (Å²) in [4.78, 5) is 15.9. The monoisotopic (exact) mass is 320 g/mol. The fourth-order valence-electron chi connectivity index (χ4n) is 1.42. The fourth-order valence-corrected chi connectivity index (χ4v) is 3.20. The number of nitrogens with zero attached hydrogens (tertiary/aromatic N) is 1. The van der Waals surface area contributed by atoms with Crippen molar-refractivity contribution in [1.82, 2.24) is 21.4 Å². The molecule has 5 nitrogen and oxygen atoms in total. The Morgan fingerprint density at radius 3 is 2.67 bits per heavy atom. The summed E-state index contributed by atoms with van der Waals surface area (Å²) in [7, 11) is 3.33. The van der Waals surface area contributed by atoms with E-state index in [2.05, 4.69) is 21.4 Å². The molecule has 0 radical (unpaired) electrons. The first-order chi connectivity index (χ1) is 10.4. The minimum atomic E-state index is -0.168. The van der Waals surface area contributed by atoms with Gasteiger partial charge in [-0.1, -0.05) is 35.1 Å². The number of pyridine rings is 1. The van der Waals surface area contributed by atoms with Gasteiger partial charge in [0.1, 0.15) is 5.03 Å². The van der Waals surface area contributed by atoms with Gasteiger partial charge in [0.05, 0.1) is 0 Å². The number of amides is 1.